The van der Waals surface area contributed by atoms with Gasteiger partial charge in [0, 0.05) is 17.2 Å². The second-order valence-corrected chi connectivity index (χ2v) is 4.66. The molecule has 1 heterocycles. The van der Waals surface area contributed by atoms with Crippen molar-refractivity contribution < 1.29 is 14.9 Å². The number of allylic oxidation sites excluding steroid dienone is 1. The number of aryl methyl sites for hydroxylation is 1. The fraction of sp³-hybridized carbons (Fsp3) is 0.125. The molecule has 3 heteroatoms. The van der Waals surface area contributed by atoms with Crippen LogP contribution in [-0.4, -0.2) is 10.2 Å². The van der Waals surface area contributed by atoms with E-state index in [2.05, 4.69) is 0 Å². The Morgan fingerprint density at radius 3 is 2.47 bits per heavy atom. The van der Waals surface area contributed by atoms with Crippen LogP contribution in [0.3, 0.4) is 0 Å². The number of rotatable bonds is 1. The zero-order chi connectivity index (χ0) is 13.4. The molecule has 0 spiro atoms. The van der Waals surface area contributed by atoms with Gasteiger partial charge in [-0.3, -0.25) is 0 Å². The van der Waals surface area contributed by atoms with Crippen molar-refractivity contribution in [2.45, 2.75) is 13.3 Å². The normalized spacial score (nSPS) is 13.4. The van der Waals surface area contributed by atoms with Crippen LogP contribution in [0, 0.1) is 6.92 Å². The summed E-state index contributed by atoms with van der Waals surface area (Å²) in [6.07, 6.45) is 2.79. The highest BCUT2D eigenvalue weighted by molar-refractivity contribution is 5.67. The molecule has 3 nitrogen and oxygen atoms in total. The minimum Gasteiger partial charge on any atom is -0.508 e. The number of phenols is 2. The van der Waals surface area contributed by atoms with Gasteiger partial charge in [0.05, 0.1) is 0 Å². The zero-order valence-electron chi connectivity index (χ0n) is 10.6. The fourth-order valence-electron chi connectivity index (χ4n) is 2.28. The predicted molar refractivity (Wildman–Crippen MR) is 73.3 cm³/mol. The number of fused-ring (bicyclic) bond motifs is 1. The van der Waals surface area contributed by atoms with Gasteiger partial charge >= 0.3 is 0 Å². The van der Waals surface area contributed by atoms with E-state index in [1.807, 2.05) is 25.1 Å². The lowest BCUT2D eigenvalue weighted by molar-refractivity contribution is 0.458. The van der Waals surface area contributed by atoms with Crippen LogP contribution in [0.25, 0.3) is 5.76 Å². The van der Waals surface area contributed by atoms with Crippen LogP contribution >= 0.6 is 0 Å². The monoisotopic (exact) mass is 254 g/mol. The third-order valence-corrected chi connectivity index (χ3v) is 3.28. The average molecular weight is 254 g/mol. The molecule has 0 amide bonds. The summed E-state index contributed by atoms with van der Waals surface area (Å²) >= 11 is 0. The number of ether oxygens (including phenoxy) is 1. The molecule has 1 aliphatic heterocycles. The van der Waals surface area contributed by atoms with Crippen LogP contribution in [0.5, 0.6) is 17.2 Å². The van der Waals surface area contributed by atoms with Gasteiger partial charge in [-0.2, -0.15) is 0 Å². The Hall–Kier alpha value is -2.42. The van der Waals surface area contributed by atoms with Gasteiger partial charge in [-0.25, -0.2) is 0 Å². The molecule has 3 rings (SSSR count). The topological polar surface area (TPSA) is 49.7 Å². The van der Waals surface area contributed by atoms with Crippen molar-refractivity contribution in [2.24, 2.45) is 0 Å². The highest BCUT2D eigenvalue weighted by Gasteiger charge is 2.16. The molecule has 0 atom stereocenters. The van der Waals surface area contributed by atoms with Crippen molar-refractivity contribution in [2.75, 3.05) is 0 Å². The molecule has 0 aliphatic carbocycles. The molecule has 0 aromatic heterocycles. The number of phenolic OH excluding ortho intramolecular Hbond substituents is 2. The maximum Gasteiger partial charge on any atom is 0.134 e. The average Bonchev–Trinajstić information content (AvgIpc) is 2.38. The van der Waals surface area contributed by atoms with Crippen molar-refractivity contribution in [1.29, 1.82) is 0 Å². The molecule has 96 valence electrons. The minimum absolute atomic E-state index is 0.211. The lowest BCUT2D eigenvalue weighted by atomic mass is 10.00. The van der Waals surface area contributed by atoms with E-state index >= 15 is 0 Å². The van der Waals surface area contributed by atoms with E-state index in [9.17, 15) is 10.2 Å². The highest BCUT2D eigenvalue weighted by atomic mass is 16.5. The molecule has 2 N–H and O–H groups in total. The van der Waals surface area contributed by atoms with Gasteiger partial charge in [-0.15, -0.1) is 0 Å². The summed E-state index contributed by atoms with van der Waals surface area (Å²) in [4.78, 5) is 0. The SMILES string of the molecule is Cc1cc(O)cc2c1CC=C(c1ccc(O)cc1)O2. The first kappa shape index (κ1) is 11.7. The highest BCUT2D eigenvalue weighted by Crippen LogP contribution is 2.35. The Morgan fingerprint density at radius 2 is 1.74 bits per heavy atom. The Balaban J connectivity index is 1.97. The van der Waals surface area contributed by atoms with E-state index in [0.717, 1.165) is 28.9 Å². The van der Waals surface area contributed by atoms with Crippen molar-refractivity contribution >= 4 is 5.76 Å². The molecular weight excluding hydrogens is 240 g/mol. The van der Waals surface area contributed by atoms with Crippen molar-refractivity contribution in [1.82, 2.24) is 0 Å². The molecule has 0 saturated carbocycles. The molecule has 0 bridgehead atoms. The molecule has 2 aromatic rings. The Labute approximate surface area is 111 Å². The summed E-state index contributed by atoms with van der Waals surface area (Å²) in [7, 11) is 0. The third kappa shape index (κ3) is 2.15. The minimum atomic E-state index is 0.211. The van der Waals surface area contributed by atoms with Gasteiger partial charge in [-0.1, -0.05) is 0 Å². The molecule has 1 aliphatic rings. The first-order valence-corrected chi connectivity index (χ1v) is 6.13. The third-order valence-electron chi connectivity index (χ3n) is 3.28. The van der Waals surface area contributed by atoms with Crippen molar-refractivity contribution in [3.63, 3.8) is 0 Å². The van der Waals surface area contributed by atoms with Gasteiger partial charge in [0.1, 0.15) is 23.0 Å². The van der Waals surface area contributed by atoms with Gasteiger partial charge in [0.15, 0.2) is 0 Å². The van der Waals surface area contributed by atoms with Crippen molar-refractivity contribution in [3.05, 3.63) is 59.2 Å². The van der Waals surface area contributed by atoms with Gasteiger partial charge in [0.25, 0.3) is 0 Å². The lowest BCUT2D eigenvalue weighted by Gasteiger charge is -2.20. The van der Waals surface area contributed by atoms with Crippen LogP contribution < -0.4 is 4.74 Å². The Kier molecular flexibility index (Phi) is 2.67. The van der Waals surface area contributed by atoms with E-state index in [0.29, 0.717) is 5.75 Å². The summed E-state index contributed by atoms with van der Waals surface area (Å²) in [6.45, 7) is 1.96. The second-order valence-electron chi connectivity index (χ2n) is 4.66. The predicted octanol–water partition coefficient (Wildman–Crippen LogP) is 3.38. The van der Waals surface area contributed by atoms with Gasteiger partial charge in [0.2, 0.25) is 0 Å². The van der Waals surface area contributed by atoms with Crippen molar-refractivity contribution in [3.8, 4) is 17.2 Å². The molecule has 19 heavy (non-hydrogen) atoms. The quantitative estimate of drug-likeness (QED) is 0.820. The van der Waals surface area contributed by atoms with E-state index in [-0.39, 0.29) is 11.5 Å². The summed E-state index contributed by atoms with van der Waals surface area (Å²) in [5, 5.41) is 18.9. The molecule has 0 fully saturated rings. The Morgan fingerprint density at radius 1 is 1.00 bits per heavy atom. The van der Waals surface area contributed by atoms with Crippen LogP contribution in [0.4, 0.5) is 0 Å². The number of hydrogen-bond donors (Lipinski definition) is 2. The van der Waals surface area contributed by atoms with E-state index in [4.69, 9.17) is 4.74 Å². The fourth-order valence-corrected chi connectivity index (χ4v) is 2.28. The lowest BCUT2D eigenvalue weighted by Crippen LogP contribution is -2.05. The smallest absolute Gasteiger partial charge is 0.134 e. The van der Waals surface area contributed by atoms with E-state index in [1.165, 1.54) is 0 Å². The zero-order valence-corrected chi connectivity index (χ0v) is 10.6. The van der Waals surface area contributed by atoms with Crippen LogP contribution in [0.1, 0.15) is 16.7 Å². The molecular formula is C16H14O3. The van der Waals surface area contributed by atoms with Crippen LogP contribution in [0.2, 0.25) is 0 Å². The van der Waals surface area contributed by atoms with E-state index in [1.54, 1.807) is 24.3 Å². The number of benzene rings is 2. The molecule has 0 saturated heterocycles. The summed E-state index contributed by atoms with van der Waals surface area (Å²) in [6, 6.07) is 10.2. The van der Waals surface area contributed by atoms with Gasteiger partial charge in [-0.05, 0) is 55.3 Å². The maximum absolute atomic E-state index is 9.63. The summed E-state index contributed by atoms with van der Waals surface area (Å²) in [5.74, 6) is 1.89. The molecule has 0 unspecified atom stereocenters. The maximum atomic E-state index is 9.63. The first-order valence-electron chi connectivity index (χ1n) is 6.13. The first-order chi connectivity index (χ1) is 9.13. The number of aromatic hydroxyl groups is 2. The summed E-state index contributed by atoms with van der Waals surface area (Å²) in [5.41, 5.74) is 3.03. The Bertz CT molecular complexity index is 654. The second kappa shape index (κ2) is 4.35. The largest absolute Gasteiger partial charge is 0.508 e. The van der Waals surface area contributed by atoms with Crippen LogP contribution in [-0.2, 0) is 6.42 Å². The molecule has 2 aromatic carbocycles. The number of hydrogen-bond acceptors (Lipinski definition) is 3. The van der Waals surface area contributed by atoms with Gasteiger partial charge < -0.3 is 14.9 Å². The molecule has 0 radical (unpaired) electrons. The van der Waals surface area contributed by atoms with Crippen LogP contribution in [0.15, 0.2) is 42.5 Å². The van der Waals surface area contributed by atoms with E-state index < -0.39 is 0 Å². The standard InChI is InChI=1S/C16H14O3/c1-10-8-13(18)9-16-14(10)6-7-15(19-16)11-2-4-12(17)5-3-11/h2-5,7-9,17-18H,6H2,1H3. The summed E-state index contributed by atoms with van der Waals surface area (Å²) < 4.78 is 5.84.